The fourth-order valence-electron chi connectivity index (χ4n) is 5.19. The van der Waals surface area contributed by atoms with E-state index < -0.39 is 0 Å². The Morgan fingerprint density at radius 2 is 1.43 bits per heavy atom. The van der Waals surface area contributed by atoms with Gasteiger partial charge in [-0.25, -0.2) is 0 Å². The van der Waals surface area contributed by atoms with Gasteiger partial charge < -0.3 is 4.90 Å². The number of nitriles is 2. The molecule has 0 saturated heterocycles. The molecule has 0 amide bonds. The summed E-state index contributed by atoms with van der Waals surface area (Å²) < 4.78 is 2.33. The van der Waals surface area contributed by atoms with Crippen molar-refractivity contribution >= 4 is 66.0 Å². The summed E-state index contributed by atoms with van der Waals surface area (Å²) in [5.41, 5.74) is 7.34. The van der Waals surface area contributed by atoms with E-state index in [1.165, 1.54) is 53.1 Å². The third-order valence-corrected chi connectivity index (χ3v) is 9.00. The molecular weight excluding hydrogens is 491 g/mol. The molecule has 0 spiro atoms. The van der Waals surface area contributed by atoms with Crippen molar-refractivity contribution in [2.24, 2.45) is 0 Å². The SMILES string of the molecule is N#CC(C#N)=Cc1cc2sc(-c3ccc4c5c(cccc35)-c3ccccc3N4c3ccccc3)cc2s1. The maximum absolute atomic E-state index is 9.09. The van der Waals surface area contributed by atoms with Crippen LogP contribution in [0.15, 0.2) is 103 Å². The molecule has 5 heteroatoms. The molecule has 0 unspecified atom stereocenters. The lowest BCUT2D eigenvalue weighted by Gasteiger charge is -2.33. The van der Waals surface area contributed by atoms with Crippen LogP contribution in [0.2, 0.25) is 0 Å². The number of anilines is 3. The fourth-order valence-corrected chi connectivity index (χ4v) is 7.58. The third kappa shape index (κ3) is 3.37. The van der Waals surface area contributed by atoms with Gasteiger partial charge >= 0.3 is 0 Å². The molecular formula is C32H17N3S2. The van der Waals surface area contributed by atoms with E-state index in [2.05, 4.69) is 102 Å². The first kappa shape index (κ1) is 21.6. The summed E-state index contributed by atoms with van der Waals surface area (Å²) >= 11 is 3.36. The summed E-state index contributed by atoms with van der Waals surface area (Å²) in [6.07, 6.45) is 1.66. The second-order valence-electron chi connectivity index (χ2n) is 8.82. The lowest BCUT2D eigenvalue weighted by atomic mass is 9.89. The van der Waals surface area contributed by atoms with Gasteiger partial charge in [0.05, 0.1) is 11.4 Å². The van der Waals surface area contributed by atoms with Gasteiger partial charge in [-0.2, -0.15) is 10.5 Å². The van der Waals surface area contributed by atoms with E-state index in [0.29, 0.717) is 0 Å². The molecule has 0 atom stereocenters. The van der Waals surface area contributed by atoms with Crippen molar-refractivity contribution in [1.29, 1.82) is 10.5 Å². The lowest BCUT2D eigenvalue weighted by Crippen LogP contribution is -2.14. The predicted molar refractivity (Wildman–Crippen MR) is 156 cm³/mol. The predicted octanol–water partition coefficient (Wildman–Crippen LogP) is 9.66. The van der Waals surface area contributed by atoms with Gasteiger partial charge in [0.2, 0.25) is 0 Å². The number of benzene rings is 4. The van der Waals surface area contributed by atoms with E-state index in [0.717, 1.165) is 10.6 Å². The van der Waals surface area contributed by atoms with Crippen LogP contribution >= 0.6 is 22.7 Å². The Balaban J connectivity index is 1.43. The normalized spacial score (nSPS) is 11.7. The Bertz CT molecular complexity index is 1920. The van der Waals surface area contributed by atoms with E-state index in [9.17, 15) is 0 Å². The zero-order valence-corrected chi connectivity index (χ0v) is 21.1. The van der Waals surface area contributed by atoms with Gasteiger partial charge in [-0.15, -0.1) is 22.7 Å². The zero-order chi connectivity index (χ0) is 24.9. The molecule has 2 aromatic heterocycles. The summed E-state index contributed by atoms with van der Waals surface area (Å²) in [6.45, 7) is 0. The quantitative estimate of drug-likeness (QED) is 0.224. The van der Waals surface area contributed by atoms with Crippen LogP contribution in [0.4, 0.5) is 17.1 Å². The number of nitrogens with zero attached hydrogens (tertiary/aromatic N) is 3. The molecule has 7 rings (SSSR count). The first-order chi connectivity index (χ1) is 18.2. The van der Waals surface area contributed by atoms with Crippen molar-refractivity contribution in [1.82, 2.24) is 0 Å². The molecule has 3 heterocycles. The molecule has 1 aliphatic rings. The second kappa shape index (κ2) is 8.47. The molecule has 172 valence electrons. The van der Waals surface area contributed by atoms with Crippen molar-refractivity contribution in [3.8, 4) is 33.7 Å². The van der Waals surface area contributed by atoms with Gasteiger partial charge in [0.15, 0.2) is 0 Å². The van der Waals surface area contributed by atoms with E-state index in [-0.39, 0.29) is 5.57 Å². The van der Waals surface area contributed by atoms with Crippen LogP contribution in [0.1, 0.15) is 4.88 Å². The first-order valence-electron chi connectivity index (χ1n) is 11.8. The minimum absolute atomic E-state index is 0.126. The monoisotopic (exact) mass is 507 g/mol. The Kier molecular flexibility index (Phi) is 4.94. The van der Waals surface area contributed by atoms with Crippen molar-refractivity contribution in [3.05, 3.63) is 108 Å². The standard InChI is InChI=1S/C32H17N3S2/c33-18-20(19-34)15-22-16-30-31(36-22)17-29(37-30)24-13-14-28-32-25(10-6-11-26(24)32)23-9-4-5-12-27(23)35(28)21-7-2-1-3-8-21/h1-17H. The summed E-state index contributed by atoms with van der Waals surface area (Å²) in [7, 11) is 0. The van der Waals surface area contributed by atoms with Crippen LogP contribution in [0.25, 0.3) is 47.8 Å². The molecule has 0 aliphatic carbocycles. The number of hydrogen-bond donors (Lipinski definition) is 0. The number of para-hydroxylation sites is 2. The van der Waals surface area contributed by atoms with E-state index in [4.69, 9.17) is 10.5 Å². The zero-order valence-electron chi connectivity index (χ0n) is 19.5. The molecule has 37 heavy (non-hydrogen) atoms. The third-order valence-electron chi connectivity index (χ3n) is 6.73. The largest absolute Gasteiger partial charge is 0.309 e. The fraction of sp³-hybridized carbons (Fsp3) is 0. The van der Waals surface area contributed by atoms with E-state index >= 15 is 0 Å². The molecule has 6 aromatic rings. The number of hydrogen-bond acceptors (Lipinski definition) is 5. The summed E-state index contributed by atoms with van der Waals surface area (Å²) in [5, 5.41) is 20.7. The van der Waals surface area contributed by atoms with Gasteiger partial charge in [-0.05, 0) is 59.0 Å². The second-order valence-corrected chi connectivity index (χ2v) is 11.0. The highest BCUT2D eigenvalue weighted by Crippen LogP contribution is 2.53. The average molecular weight is 508 g/mol. The van der Waals surface area contributed by atoms with E-state index in [1.54, 1.807) is 28.7 Å². The molecule has 0 bridgehead atoms. The minimum Gasteiger partial charge on any atom is -0.309 e. The highest BCUT2D eigenvalue weighted by molar-refractivity contribution is 7.29. The van der Waals surface area contributed by atoms with E-state index in [1.807, 2.05) is 12.1 Å². The van der Waals surface area contributed by atoms with Gasteiger partial charge in [0, 0.05) is 35.8 Å². The van der Waals surface area contributed by atoms with Crippen molar-refractivity contribution < 1.29 is 0 Å². The van der Waals surface area contributed by atoms with Crippen LogP contribution in [0.5, 0.6) is 0 Å². The number of allylic oxidation sites excluding steroid dienone is 1. The van der Waals surface area contributed by atoms with Crippen molar-refractivity contribution in [2.45, 2.75) is 0 Å². The molecule has 0 saturated carbocycles. The maximum atomic E-state index is 9.09. The summed E-state index contributed by atoms with van der Waals surface area (Å²) in [5.74, 6) is 0. The average Bonchev–Trinajstić information content (AvgIpc) is 3.51. The Morgan fingerprint density at radius 1 is 0.676 bits per heavy atom. The highest BCUT2D eigenvalue weighted by atomic mass is 32.1. The van der Waals surface area contributed by atoms with Crippen LogP contribution in [0.3, 0.4) is 0 Å². The summed E-state index contributed by atoms with van der Waals surface area (Å²) in [4.78, 5) is 4.51. The van der Waals surface area contributed by atoms with Crippen LogP contribution < -0.4 is 4.90 Å². The molecule has 1 aliphatic heterocycles. The Labute approximate surface area is 222 Å². The molecule has 0 fully saturated rings. The Morgan fingerprint density at radius 3 is 2.24 bits per heavy atom. The first-order valence-corrected chi connectivity index (χ1v) is 13.4. The van der Waals surface area contributed by atoms with Crippen LogP contribution in [-0.4, -0.2) is 0 Å². The number of rotatable bonds is 3. The minimum atomic E-state index is 0.126. The van der Waals surface area contributed by atoms with Gasteiger partial charge in [-0.1, -0.05) is 60.7 Å². The highest BCUT2D eigenvalue weighted by Gasteiger charge is 2.26. The molecule has 0 N–H and O–H groups in total. The molecule has 3 nitrogen and oxygen atoms in total. The number of thiophene rings is 2. The number of fused-ring (bicyclic) bond motifs is 3. The maximum Gasteiger partial charge on any atom is 0.131 e. The van der Waals surface area contributed by atoms with Gasteiger partial charge in [0.1, 0.15) is 17.7 Å². The molecule has 0 radical (unpaired) electrons. The Hall–Kier alpha value is -4.68. The van der Waals surface area contributed by atoms with Crippen molar-refractivity contribution in [3.63, 3.8) is 0 Å². The summed E-state index contributed by atoms with van der Waals surface area (Å²) in [6, 6.07) is 38.5. The topological polar surface area (TPSA) is 50.8 Å². The van der Waals surface area contributed by atoms with Gasteiger partial charge in [0.25, 0.3) is 0 Å². The van der Waals surface area contributed by atoms with Crippen LogP contribution in [-0.2, 0) is 0 Å². The van der Waals surface area contributed by atoms with Crippen molar-refractivity contribution in [2.75, 3.05) is 4.90 Å². The smallest absolute Gasteiger partial charge is 0.131 e. The van der Waals surface area contributed by atoms with Crippen LogP contribution in [0, 0.1) is 22.7 Å². The molecule has 4 aromatic carbocycles. The van der Waals surface area contributed by atoms with Gasteiger partial charge in [-0.3, -0.25) is 0 Å². The lowest BCUT2D eigenvalue weighted by molar-refractivity contribution is 1.28.